The van der Waals surface area contributed by atoms with E-state index in [1.807, 2.05) is 49.4 Å². The zero-order valence-corrected chi connectivity index (χ0v) is 19.4. The van der Waals surface area contributed by atoms with Crippen molar-refractivity contribution in [3.05, 3.63) is 84.3 Å². The van der Waals surface area contributed by atoms with E-state index >= 15 is 0 Å². The van der Waals surface area contributed by atoms with Crippen LogP contribution in [0.25, 0.3) is 22.8 Å². The van der Waals surface area contributed by atoms with Crippen molar-refractivity contribution in [1.29, 1.82) is 0 Å². The highest BCUT2D eigenvalue weighted by Crippen LogP contribution is 2.32. The molecule has 3 heterocycles. The van der Waals surface area contributed by atoms with Gasteiger partial charge in [-0.1, -0.05) is 47.6 Å². The van der Waals surface area contributed by atoms with Gasteiger partial charge in [-0.2, -0.15) is 4.98 Å². The molecular weight excluding hydrogens is 445 g/mol. The van der Waals surface area contributed by atoms with Crippen molar-refractivity contribution in [1.82, 2.24) is 20.4 Å². The summed E-state index contributed by atoms with van der Waals surface area (Å²) in [4.78, 5) is 24.1. The number of carbonyl (C=O) groups excluding carboxylic acids is 1. The molecule has 0 unspecified atom stereocenters. The number of hydrogen-bond donors (Lipinski definition) is 1. The fraction of sp³-hybridized carbons (Fsp3) is 0.259. The number of hydrogen-bond acceptors (Lipinski definition) is 6. The molecule has 0 bridgehead atoms. The van der Waals surface area contributed by atoms with E-state index in [2.05, 4.69) is 25.3 Å². The highest BCUT2D eigenvalue weighted by Gasteiger charge is 2.28. The van der Waals surface area contributed by atoms with E-state index in [0.717, 1.165) is 24.2 Å². The molecule has 7 nitrogen and oxygen atoms in total. The predicted octanol–water partition coefficient (Wildman–Crippen LogP) is 5.03. The minimum Gasteiger partial charge on any atom is -0.356 e. The van der Waals surface area contributed by atoms with E-state index in [9.17, 15) is 9.18 Å². The van der Waals surface area contributed by atoms with Gasteiger partial charge in [0.2, 0.25) is 11.7 Å². The third-order valence-corrected chi connectivity index (χ3v) is 6.35. The fourth-order valence-corrected chi connectivity index (χ4v) is 4.40. The van der Waals surface area contributed by atoms with E-state index in [1.54, 1.807) is 18.3 Å². The molecule has 5 rings (SSSR count). The van der Waals surface area contributed by atoms with Crippen LogP contribution in [0.5, 0.6) is 0 Å². The molecule has 1 atom stereocenters. The molecular formula is C27H26FN5O2. The molecule has 178 valence electrons. The minimum absolute atomic E-state index is 0.0334. The topological polar surface area (TPSA) is 84.2 Å². The predicted molar refractivity (Wildman–Crippen MR) is 131 cm³/mol. The van der Waals surface area contributed by atoms with Crippen LogP contribution >= 0.6 is 0 Å². The Morgan fingerprint density at radius 1 is 1.09 bits per heavy atom. The number of benzene rings is 2. The van der Waals surface area contributed by atoms with Crippen LogP contribution in [-0.2, 0) is 4.79 Å². The van der Waals surface area contributed by atoms with Gasteiger partial charge >= 0.3 is 0 Å². The van der Waals surface area contributed by atoms with Gasteiger partial charge in [-0.05, 0) is 49.6 Å². The number of anilines is 1. The van der Waals surface area contributed by atoms with E-state index < -0.39 is 0 Å². The summed E-state index contributed by atoms with van der Waals surface area (Å²) in [7, 11) is 0. The lowest BCUT2D eigenvalue weighted by Crippen LogP contribution is -2.41. The number of nitrogens with one attached hydrogen (secondary N) is 1. The Kier molecular flexibility index (Phi) is 6.52. The quantitative estimate of drug-likeness (QED) is 0.425. The molecule has 0 saturated carbocycles. The molecule has 2 aromatic heterocycles. The lowest BCUT2D eigenvalue weighted by molar-refractivity contribution is -0.126. The largest absolute Gasteiger partial charge is 0.356 e. The van der Waals surface area contributed by atoms with Gasteiger partial charge in [0.05, 0.1) is 11.6 Å². The van der Waals surface area contributed by atoms with E-state index in [1.165, 1.54) is 12.1 Å². The SMILES string of the molecule is C[C@@H](NC(=O)C1CCN(c2ncccc2-c2nc(-c3cccc(F)c3)no2)CC1)c1ccccc1. The molecule has 1 N–H and O–H groups in total. The lowest BCUT2D eigenvalue weighted by atomic mass is 9.95. The first kappa shape index (κ1) is 22.7. The van der Waals surface area contributed by atoms with Crippen molar-refractivity contribution in [2.45, 2.75) is 25.8 Å². The second-order valence-electron chi connectivity index (χ2n) is 8.71. The summed E-state index contributed by atoms with van der Waals surface area (Å²) in [6.45, 7) is 3.38. The zero-order chi connectivity index (χ0) is 24.2. The first-order valence-corrected chi connectivity index (χ1v) is 11.7. The van der Waals surface area contributed by atoms with Gasteiger partial charge in [0.25, 0.3) is 5.89 Å². The second kappa shape index (κ2) is 10.0. The zero-order valence-electron chi connectivity index (χ0n) is 19.4. The number of aromatic nitrogens is 3. The molecule has 1 aliphatic rings. The maximum atomic E-state index is 13.6. The summed E-state index contributed by atoms with van der Waals surface area (Å²) in [6.07, 6.45) is 3.17. The summed E-state index contributed by atoms with van der Waals surface area (Å²) in [5, 5.41) is 7.17. The standard InChI is InChI=1S/C27H26FN5O2/c1-18(19-7-3-2-4-8-19)30-26(34)20-12-15-33(16-13-20)25-23(11-6-14-29-25)27-31-24(32-35-27)21-9-5-10-22(28)17-21/h2-11,14,17-18,20H,12-13,15-16H2,1H3,(H,30,34)/t18-/m1/s1. The number of amides is 1. The number of rotatable bonds is 6. The summed E-state index contributed by atoms with van der Waals surface area (Å²) >= 11 is 0. The molecule has 0 spiro atoms. The van der Waals surface area contributed by atoms with Gasteiger partial charge in [-0.25, -0.2) is 9.37 Å². The van der Waals surface area contributed by atoms with Crippen molar-refractivity contribution in [3.8, 4) is 22.8 Å². The molecule has 8 heteroatoms. The Labute approximate surface area is 203 Å². The Morgan fingerprint density at radius 2 is 1.89 bits per heavy atom. The molecule has 1 saturated heterocycles. The number of piperidine rings is 1. The summed E-state index contributed by atoms with van der Waals surface area (Å²) in [6, 6.07) is 19.7. The lowest BCUT2D eigenvalue weighted by Gasteiger charge is -2.33. The summed E-state index contributed by atoms with van der Waals surface area (Å²) in [5.41, 5.74) is 2.35. The maximum Gasteiger partial charge on any atom is 0.261 e. The molecule has 1 fully saturated rings. The van der Waals surface area contributed by atoms with E-state index in [-0.39, 0.29) is 23.7 Å². The van der Waals surface area contributed by atoms with Crippen LogP contribution in [0.2, 0.25) is 0 Å². The molecule has 0 aliphatic carbocycles. The number of nitrogens with zero attached hydrogens (tertiary/aromatic N) is 4. The maximum absolute atomic E-state index is 13.6. The second-order valence-corrected chi connectivity index (χ2v) is 8.71. The van der Waals surface area contributed by atoms with Gasteiger partial charge in [0.1, 0.15) is 11.6 Å². The van der Waals surface area contributed by atoms with Crippen molar-refractivity contribution in [3.63, 3.8) is 0 Å². The van der Waals surface area contributed by atoms with Gasteiger partial charge in [0.15, 0.2) is 0 Å². The third kappa shape index (κ3) is 5.06. The van der Waals surface area contributed by atoms with Gasteiger partial charge < -0.3 is 14.7 Å². The Balaban J connectivity index is 1.26. The van der Waals surface area contributed by atoms with Gasteiger partial charge in [-0.3, -0.25) is 4.79 Å². The van der Waals surface area contributed by atoms with E-state index in [4.69, 9.17) is 4.52 Å². The first-order valence-electron chi connectivity index (χ1n) is 11.7. The van der Waals surface area contributed by atoms with Crippen LogP contribution < -0.4 is 10.2 Å². The molecule has 2 aromatic carbocycles. The average molecular weight is 472 g/mol. The van der Waals surface area contributed by atoms with Crippen molar-refractivity contribution in [2.24, 2.45) is 5.92 Å². The Bertz CT molecular complexity index is 1300. The summed E-state index contributed by atoms with van der Waals surface area (Å²) < 4.78 is 19.1. The monoisotopic (exact) mass is 471 g/mol. The number of carbonyl (C=O) groups is 1. The molecule has 4 aromatic rings. The van der Waals surface area contributed by atoms with Crippen molar-refractivity contribution in [2.75, 3.05) is 18.0 Å². The van der Waals surface area contributed by atoms with Gasteiger partial charge in [-0.15, -0.1) is 0 Å². The number of halogens is 1. The Hall–Kier alpha value is -4.07. The normalized spacial score (nSPS) is 15.1. The molecule has 1 amide bonds. The van der Waals surface area contributed by atoms with Crippen LogP contribution in [-0.4, -0.2) is 34.1 Å². The summed E-state index contributed by atoms with van der Waals surface area (Å²) in [5.74, 6) is 1.05. The highest BCUT2D eigenvalue weighted by molar-refractivity contribution is 5.79. The number of pyridine rings is 1. The van der Waals surface area contributed by atoms with Crippen LogP contribution in [0, 0.1) is 11.7 Å². The highest BCUT2D eigenvalue weighted by atomic mass is 19.1. The average Bonchev–Trinajstić information content (AvgIpc) is 3.40. The molecule has 0 radical (unpaired) electrons. The fourth-order valence-electron chi connectivity index (χ4n) is 4.40. The van der Waals surface area contributed by atoms with Gasteiger partial charge in [0, 0.05) is 30.8 Å². The third-order valence-electron chi connectivity index (χ3n) is 6.35. The minimum atomic E-state index is -0.360. The smallest absolute Gasteiger partial charge is 0.261 e. The molecule has 1 aliphatic heterocycles. The molecule has 35 heavy (non-hydrogen) atoms. The van der Waals surface area contributed by atoms with E-state index in [0.29, 0.717) is 35.9 Å². The van der Waals surface area contributed by atoms with Crippen LogP contribution in [0.15, 0.2) is 77.4 Å². The Morgan fingerprint density at radius 3 is 2.66 bits per heavy atom. The van der Waals surface area contributed by atoms with Crippen LogP contribution in [0.3, 0.4) is 0 Å². The van der Waals surface area contributed by atoms with Crippen molar-refractivity contribution >= 4 is 11.7 Å². The first-order chi connectivity index (χ1) is 17.1. The van der Waals surface area contributed by atoms with Crippen molar-refractivity contribution < 1.29 is 13.7 Å². The van der Waals surface area contributed by atoms with Crippen LogP contribution in [0.4, 0.5) is 10.2 Å². The van der Waals surface area contributed by atoms with Crippen LogP contribution in [0.1, 0.15) is 31.4 Å².